The molecule has 3 nitrogen and oxygen atoms in total. The number of rotatable bonds is 3. The second kappa shape index (κ2) is 6.30. The monoisotopic (exact) mass is 266 g/mol. The summed E-state index contributed by atoms with van der Waals surface area (Å²) in [7, 11) is 0. The maximum atomic E-state index is 12.7. The van der Waals surface area contributed by atoms with Crippen molar-refractivity contribution in [3.63, 3.8) is 0 Å². The number of nitriles is 1. The van der Waals surface area contributed by atoms with Gasteiger partial charge in [-0.05, 0) is 42.0 Å². The zero-order valence-corrected chi connectivity index (χ0v) is 10.5. The first kappa shape index (κ1) is 13.5. The molecule has 0 spiro atoms. The Labute approximate surface area is 116 Å². The third kappa shape index (κ3) is 3.79. The Bertz CT molecular complexity index is 684. The van der Waals surface area contributed by atoms with Crippen molar-refractivity contribution in [2.24, 2.45) is 0 Å². The molecule has 0 aliphatic heterocycles. The van der Waals surface area contributed by atoms with Crippen molar-refractivity contribution in [1.82, 2.24) is 0 Å². The van der Waals surface area contributed by atoms with Gasteiger partial charge in [0.1, 0.15) is 5.82 Å². The first-order valence-electron chi connectivity index (χ1n) is 5.92. The van der Waals surface area contributed by atoms with E-state index in [0.717, 1.165) is 5.56 Å². The Morgan fingerprint density at radius 3 is 2.65 bits per heavy atom. The molecule has 0 atom stereocenters. The van der Waals surface area contributed by atoms with Gasteiger partial charge in [0.05, 0.1) is 11.6 Å². The van der Waals surface area contributed by atoms with Crippen molar-refractivity contribution in [3.8, 4) is 6.07 Å². The number of halogens is 1. The van der Waals surface area contributed by atoms with Gasteiger partial charge in [0, 0.05) is 11.8 Å². The fourth-order valence-electron chi connectivity index (χ4n) is 1.60. The second-order valence-electron chi connectivity index (χ2n) is 4.07. The fraction of sp³-hybridized carbons (Fsp3) is 0. The van der Waals surface area contributed by atoms with Crippen LogP contribution in [-0.4, -0.2) is 5.91 Å². The zero-order chi connectivity index (χ0) is 14.4. The highest BCUT2D eigenvalue weighted by Gasteiger charge is 1.99. The van der Waals surface area contributed by atoms with Crippen molar-refractivity contribution in [2.75, 3.05) is 5.32 Å². The van der Waals surface area contributed by atoms with Crippen molar-refractivity contribution in [2.45, 2.75) is 0 Å². The Kier molecular flexibility index (Phi) is 4.25. The quantitative estimate of drug-likeness (QED) is 0.866. The lowest BCUT2D eigenvalue weighted by Gasteiger charge is -2.01. The molecule has 0 unspecified atom stereocenters. The molecule has 0 radical (unpaired) electrons. The van der Waals surface area contributed by atoms with Crippen LogP contribution in [-0.2, 0) is 4.79 Å². The minimum atomic E-state index is -0.320. The predicted octanol–water partition coefficient (Wildman–Crippen LogP) is 3.35. The SMILES string of the molecule is N#Cc1cccc(NC(=O)C=Cc2ccc(F)cc2)c1. The standard InChI is InChI=1S/C16H11FN2O/c17-14-7-4-12(5-8-14)6-9-16(20)19-15-3-1-2-13(10-15)11-18/h1-10H,(H,19,20). The van der Waals surface area contributed by atoms with Gasteiger partial charge >= 0.3 is 0 Å². The summed E-state index contributed by atoms with van der Waals surface area (Å²) >= 11 is 0. The largest absolute Gasteiger partial charge is 0.322 e. The number of carbonyl (C=O) groups is 1. The molecule has 2 aromatic rings. The summed E-state index contributed by atoms with van der Waals surface area (Å²) in [5.74, 6) is -0.635. The lowest BCUT2D eigenvalue weighted by molar-refractivity contribution is -0.111. The Hall–Kier alpha value is -2.93. The van der Waals surface area contributed by atoms with E-state index in [1.807, 2.05) is 6.07 Å². The predicted molar refractivity (Wildman–Crippen MR) is 75.2 cm³/mol. The van der Waals surface area contributed by atoms with Crippen LogP contribution in [0.2, 0.25) is 0 Å². The number of anilines is 1. The molecule has 0 saturated carbocycles. The van der Waals surface area contributed by atoms with Gasteiger partial charge in [-0.3, -0.25) is 4.79 Å². The van der Waals surface area contributed by atoms with Gasteiger partial charge in [0.25, 0.3) is 0 Å². The molecule has 0 aromatic heterocycles. The van der Waals surface area contributed by atoms with E-state index in [0.29, 0.717) is 11.3 Å². The molecular formula is C16H11FN2O. The van der Waals surface area contributed by atoms with Crippen molar-refractivity contribution in [1.29, 1.82) is 5.26 Å². The number of hydrogen-bond acceptors (Lipinski definition) is 2. The number of carbonyl (C=O) groups excluding carboxylic acids is 1. The molecule has 0 aliphatic carbocycles. The van der Waals surface area contributed by atoms with E-state index in [2.05, 4.69) is 5.32 Å². The minimum Gasteiger partial charge on any atom is -0.322 e. The van der Waals surface area contributed by atoms with Crippen LogP contribution in [0.4, 0.5) is 10.1 Å². The molecular weight excluding hydrogens is 255 g/mol. The highest BCUT2D eigenvalue weighted by Crippen LogP contribution is 2.10. The molecule has 0 bridgehead atoms. The molecule has 20 heavy (non-hydrogen) atoms. The molecule has 0 aliphatic rings. The maximum Gasteiger partial charge on any atom is 0.248 e. The molecule has 2 aromatic carbocycles. The summed E-state index contributed by atoms with van der Waals surface area (Å²) in [5, 5.41) is 11.4. The molecule has 0 saturated heterocycles. The van der Waals surface area contributed by atoms with Gasteiger partial charge in [-0.15, -0.1) is 0 Å². The molecule has 1 amide bonds. The van der Waals surface area contributed by atoms with Crippen LogP contribution >= 0.6 is 0 Å². The van der Waals surface area contributed by atoms with Gasteiger partial charge in [0.15, 0.2) is 0 Å². The summed E-state index contributed by atoms with van der Waals surface area (Å²) in [6.45, 7) is 0. The van der Waals surface area contributed by atoms with Crippen LogP contribution in [0, 0.1) is 17.1 Å². The van der Waals surface area contributed by atoms with Crippen LogP contribution in [0.25, 0.3) is 6.08 Å². The lowest BCUT2D eigenvalue weighted by atomic mass is 10.2. The summed E-state index contributed by atoms with van der Waals surface area (Å²) in [6.07, 6.45) is 2.94. The van der Waals surface area contributed by atoms with E-state index in [9.17, 15) is 9.18 Å². The molecule has 98 valence electrons. The number of nitrogens with one attached hydrogen (secondary N) is 1. The van der Waals surface area contributed by atoms with E-state index in [4.69, 9.17) is 5.26 Å². The molecule has 1 N–H and O–H groups in total. The number of benzene rings is 2. The summed E-state index contributed by atoms with van der Waals surface area (Å²) in [6, 6.07) is 14.4. The first-order valence-corrected chi connectivity index (χ1v) is 5.92. The van der Waals surface area contributed by atoms with Crippen LogP contribution in [0.15, 0.2) is 54.6 Å². The molecule has 0 fully saturated rings. The van der Waals surface area contributed by atoms with Gasteiger partial charge in [-0.25, -0.2) is 4.39 Å². The van der Waals surface area contributed by atoms with Crippen LogP contribution in [0.3, 0.4) is 0 Å². The first-order chi connectivity index (χ1) is 9.67. The number of nitrogens with zero attached hydrogens (tertiary/aromatic N) is 1. The second-order valence-corrected chi connectivity index (χ2v) is 4.07. The van der Waals surface area contributed by atoms with Crippen molar-refractivity contribution in [3.05, 3.63) is 71.6 Å². The summed E-state index contributed by atoms with van der Waals surface area (Å²) in [4.78, 5) is 11.7. The average molecular weight is 266 g/mol. The van der Waals surface area contributed by atoms with Crippen LogP contribution in [0.1, 0.15) is 11.1 Å². The van der Waals surface area contributed by atoms with Crippen molar-refractivity contribution >= 4 is 17.7 Å². The Balaban J connectivity index is 2.02. The van der Waals surface area contributed by atoms with Crippen molar-refractivity contribution < 1.29 is 9.18 Å². The third-order valence-corrected chi connectivity index (χ3v) is 2.56. The van der Waals surface area contributed by atoms with Crippen LogP contribution in [0.5, 0.6) is 0 Å². The van der Waals surface area contributed by atoms with Crippen LogP contribution < -0.4 is 5.32 Å². The van der Waals surface area contributed by atoms with Gasteiger partial charge < -0.3 is 5.32 Å². The highest BCUT2D eigenvalue weighted by molar-refractivity contribution is 6.01. The lowest BCUT2D eigenvalue weighted by Crippen LogP contribution is -2.07. The molecule has 4 heteroatoms. The number of hydrogen-bond donors (Lipinski definition) is 1. The zero-order valence-electron chi connectivity index (χ0n) is 10.5. The van der Waals surface area contributed by atoms with Gasteiger partial charge in [-0.1, -0.05) is 18.2 Å². The summed E-state index contributed by atoms with van der Waals surface area (Å²) < 4.78 is 12.7. The average Bonchev–Trinajstić information content (AvgIpc) is 2.47. The van der Waals surface area contributed by atoms with Gasteiger partial charge in [0.2, 0.25) is 5.91 Å². The number of amides is 1. The van der Waals surface area contributed by atoms with E-state index < -0.39 is 0 Å². The van der Waals surface area contributed by atoms with E-state index in [1.165, 1.54) is 18.2 Å². The Morgan fingerprint density at radius 1 is 1.20 bits per heavy atom. The molecule has 2 rings (SSSR count). The topological polar surface area (TPSA) is 52.9 Å². The van der Waals surface area contributed by atoms with Gasteiger partial charge in [-0.2, -0.15) is 5.26 Å². The normalized spacial score (nSPS) is 10.2. The Morgan fingerprint density at radius 2 is 1.95 bits per heavy atom. The summed E-state index contributed by atoms with van der Waals surface area (Å²) in [5.41, 5.74) is 1.76. The van der Waals surface area contributed by atoms with E-state index in [1.54, 1.807) is 42.5 Å². The minimum absolute atomic E-state index is 0.315. The highest BCUT2D eigenvalue weighted by atomic mass is 19.1. The van der Waals surface area contributed by atoms with E-state index >= 15 is 0 Å². The molecule has 0 heterocycles. The third-order valence-electron chi connectivity index (χ3n) is 2.56. The fourth-order valence-corrected chi connectivity index (χ4v) is 1.60. The maximum absolute atomic E-state index is 12.7. The van der Waals surface area contributed by atoms with E-state index in [-0.39, 0.29) is 11.7 Å². The smallest absolute Gasteiger partial charge is 0.248 e.